The lowest BCUT2D eigenvalue weighted by molar-refractivity contribution is 0.0341. The van der Waals surface area contributed by atoms with Crippen LogP contribution < -0.4 is 10.6 Å². The van der Waals surface area contributed by atoms with Gasteiger partial charge in [-0.2, -0.15) is 0 Å². The Hall–Kier alpha value is -0.900. The Morgan fingerprint density at radius 1 is 1.13 bits per heavy atom. The van der Waals surface area contributed by atoms with Crippen LogP contribution in [0.2, 0.25) is 0 Å². The second-order valence-corrected chi connectivity index (χ2v) is 8.06. The summed E-state index contributed by atoms with van der Waals surface area (Å²) in [4.78, 5) is 9.69. The molecule has 1 aliphatic heterocycles. The molecule has 1 saturated heterocycles. The molecule has 0 bridgehead atoms. The standard InChI is InChI=1S/C23H41N5O.HI/c1-5-24-23(25-12-8-9-13-27(4)20(2)3)26-18-21-10-6-7-11-22(21)19-28-14-16-29-17-15-28;/h6-7,10-11,20H,5,8-9,12-19H2,1-4H3,(H2,24,25,26);1H. The monoisotopic (exact) mass is 531 g/mol. The van der Waals surface area contributed by atoms with Crippen molar-refractivity contribution in [3.05, 3.63) is 35.4 Å². The first kappa shape index (κ1) is 27.1. The van der Waals surface area contributed by atoms with E-state index in [0.717, 1.165) is 64.9 Å². The zero-order valence-electron chi connectivity index (χ0n) is 19.3. The number of nitrogens with zero attached hydrogens (tertiary/aromatic N) is 3. The molecule has 6 nitrogen and oxygen atoms in total. The second-order valence-electron chi connectivity index (χ2n) is 8.06. The van der Waals surface area contributed by atoms with Crippen molar-refractivity contribution in [2.75, 3.05) is 53.0 Å². The van der Waals surface area contributed by atoms with Crippen molar-refractivity contribution >= 4 is 29.9 Å². The second kappa shape index (κ2) is 15.8. The maximum atomic E-state index is 5.47. The number of unbranched alkanes of at least 4 members (excludes halogenated alkanes) is 1. The maximum Gasteiger partial charge on any atom is 0.191 e. The van der Waals surface area contributed by atoms with Crippen LogP contribution in [0.4, 0.5) is 0 Å². The largest absolute Gasteiger partial charge is 0.379 e. The van der Waals surface area contributed by atoms with Gasteiger partial charge in [-0.3, -0.25) is 4.90 Å². The van der Waals surface area contributed by atoms with Crippen molar-refractivity contribution < 1.29 is 4.74 Å². The van der Waals surface area contributed by atoms with Gasteiger partial charge in [0.05, 0.1) is 19.8 Å². The van der Waals surface area contributed by atoms with Crippen molar-refractivity contribution in [3.8, 4) is 0 Å². The van der Waals surface area contributed by atoms with E-state index in [1.807, 2.05) is 0 Å². The minimum atomic E-state index is 0. The number of halogens is 1. The Labute approximate surface area is 200 Å². The van der Waals surface area contributed by atoms with E-state index < -0.39 is 0 Å². The molecule has 0 aliphatic carbocycles. The van der Waals surface area contributed by atoms with Gasteiger partial charge in [0, 0.05) is 38.8 Å². The van der Waals surface area contributed by atoms with Crippen LogP contribution in [-0.2, 0) is 17.8 Å². The molecular weight excluding hydrogens is 489 g/mol. The van der Waals surface area contributed by atoms with E-state index in [2.05, 4.69) is 72.5 Å². The predicted octanol–water partition coefficient (Wildman–Crippen LogP) is 3.31. The van der Waals surface area contributed by atoms with E-state index in [9.17, 15) is 0 Å². The highest BCUT2D eigenvalue weighted by Gasteiger charge is 2.12. The third-order valence-corrected chi connectivity index (χ3v) is 5.48. The van der Waals surface area contributed by atoms with Gasteiger partial charge in [0.2, 0.25) is 0 Å². The van der Waals surface area contributed by atoms with Crippen LogP contribution in [0.5, 0.6) is 0 Å². The molecule has 0 spiro atoms. The van der Waals surface area contributed by atoms with Gasteiger partial charge >= 0.3 is 0 Å². The fourth-order valence-corrected chi connectivity index (χ4v) is 3.32. The Balaban J connectivity index is 0.00000450. The van der Waals surface area contributed by atoms with Crippen molar-refractivity contribution in [2.45, 2.75) is 52.7 Å². The van der Waals surface area contributed by atoms with Crippen molar-refractivity contribution in [1.82, 2.24) is 20.4 Å². The highest BCUT2D eigenvalue weighted by Crippen LogP contribution is 2.14. The number of rotatable bonds is 11. The van der Waals surface area contributed by atoms with E-state index in [4.69, 9.17) is 9.73 Å². The number of nitrogens with one attached hydrogen (secondary N) is 2. The highest BCUT2D eigenvalue weighted by molar-refractivity contribution is 14.0. The molecule has 0 amide bonds. The first-order chi connectivity index (χ1) is 14.1. The number of hydrogen-bond donors (Lipinski definition) is 2. The molecule has 0 aromatic heterocycles. The van der Waals surface area contributed by atoms with Crippen molar-refractivity contribution in [1.29, 1.82) is 0 Å². The first-order valence-corrected chi connectivity index (χ1v) is 11.2. The average Bonchev–Trinajstić information content (AvgIpc) is 2.73. The zero-order valence-corrected chi connectivity index (χ0v) is 21.7. The smallest absolute Gasteiger partial charge is 0.191 e. The van der Waals surface area contributed by atoms with E-state index in [0.29, 0.717) is 12.6 Å². The first-order valence-electron chi connectivity index (χ1n) is 11.2. The normalized spacial score (nSPS) is 15.3. The molecule has 1 fully saturated rings. The SMILES string of the molecule is CCNC(=NCc1ccccc1CN1CCOCC1)NCCCCN(C)C(C)C.I. The number of hydrogen-bond acceptors (Lipinski definition) is 4. The lowest BCUT2D eigenvalue weighted by atomic mass is 10.1. The Bertz CT molecular complexity index is 605. The summed E-state index contributed by atoms with van der Waals surface area (Å²) in [6.07, 6.45) is 2.35. The molecule has 1 aromatic rings. The topological polar surface area (TPSA) is 52.1 Å². The highest BCUT2D eigenvalue weighted by atomic mass is 127. The average molecular weight is 532 g/mol. The summed E-state index contributed by atoms with van der Waals surface area (Å²) < 4.78 is 5.47. The van der Waals surface area contributed by atoms with Crippen LogP contribution in [0.15, 0.2) is 29.3 Å². The molecule has 1 heterocycles. The van der Waals surface area contributed by atoms with Crippen LogP contribution in [0, 0.1) is 0 Å². The molecular formula is C23H42IN5O. The molecule has 0 atom stereocenters. The molecule has 1 aliphatic rings. The molecule has 172 valence electrons. The van der Waals surface area contributed by atoms with Gasteiger partial charge in [-0.05, 0) is 58.3 Å². The van der Waals surface area contributed by atoms with Crippen LogP contribution in [0.1, 0.15) is 44.7 Å². The Kier molecular flexibility index (Phi) is 14.3. The molecule has 1 aromatic carbocycles. The van der Waals surface area contributed by atoms with Crippen molar-refractivity contribution in [2.24, 2.45) is 4.99 Å². The number of guanidine groups is 1. The quantitative estimate of drug-likeness (QED) is 0.199. The van der Waals surface area contributed by atoms with Gasteiger partial charge in [0.1, 0.15) is 0 Å². The molecule has 0 unspecified atom stereocenters. The summed E-state index contributed by atoms with van der Waals surface area (Å²) in [5.74, 6) is 0.908. The number of benzene rings is 1. The third-order valence-electron chi connectivity index (χ3n) is 5.48. The van der Waals surface area contributed by atoms with E-state index >= 15 is 0 Å². The van der Waals surface area contributed by atoms with E-state index in [1.54, 1.807) is 0 Å². The fraction of sp³-hybridized carbons (Fsp3) is 0.696. The van der Waals surface area contributed by atoms with Crippen molar-refractivity contribution in [3.63, 3.8) is 0 Å². The molecule has 30 heavy (non-hydrogen) atoms. The minimum absolute atomic E-state index is 0. The van der Waals surface area contributed by atoms with Gasteiger partial charge in [-0.25, -0.2) is 4.99 Å². The molecule has 0 radical (unpaired) electrons. The van der Waals surface area contributed by atoms with Crippen LogP contribution in [0.3, 0.4) is 0 Å². The van der Waals surface area contributed by atoms with Crippen LogP contribution in [0.25, 0.3) is 0 Å². The lowest BCUT2D eigenvalue weighted by Crippen LogP contribution is -2.38. The summed E-state index contributed by atoms with van der Waals surface area (Å²) in [6, 6.07) is 9.27. The molecule has 7 heteroatoms. The van der Waals surface area contributed by atoms with E-state index in [1.165, 1.54) is 17.5 Å². The minimum Gasteiger partial charge on any atom is -0.379 e. The molecule has 2 rings (SSSR count). The van der Waals surface area contributed by atoms with E-state index in [-0.39, 0.29) is 24.0 Å². The predicted molar refractivity (Wildman–Crippen MR) is 138 cm³/mol. The zero-order chi connectivity index (χ0) is 20.9. The summed E-state index contributed by atoms with van der Waals surface area (Å²) in [6.45, 7) is 14.9. The summed E-state index contributed by atoms with van der Waals surface area (Å²) in [5.41, 5.74) is 2.67. The third kappa shape index (κ3) is 10.4. The van der Waals surface area contributed by atoms with Gasteiger partial charge in [0.15, 0.2) is 5.96 Å². The van der Waals surface area contributed by atoms with Gasteiger partial charge in [-0.1, -0.05) is 24.3 Å². The Morgan fingerprint density at radius 2 is 1.83 bits per heavy atom. The maximum absolute atomic E-state index is 5.47. The molecule has 2 N–H and O–H groups in total. The van der Waals surface area contributed by atoms with Crippen LogP contribution in [-0.4, -0.2) is 74.8 Å². The number of morpholine rings is 1. The van der Waals surface area contributed by atoms with Gasteiger partial charge in [-0.15, -0.1) is 24.0 Å². The fourth-order valence-electron chi connectivity index (χ4n) is 3.32. The Morgan fingerprint density at radius 3 is 2.50 bits per heavy atom. The molecule has 0 saturated carbocycles. The summed E-state index contributed by atoms with van der Waals surface area (Å²) >= 11 is 0. The summed E-state index contributed by atoms with van der Waals surface area (Å²) in [7, 11) is 2.19. The van der Waals surface area contributed by atoms with Gasteiger partial charge in [0.25, 0.3) is 0 Å². The summed E-state index contributed by atoms with van der Waals surface area (Å²) in [5, 5.41) is 6.86. The number of aliphatic imine (C=N–C) groups is 1. The van der Waals surface area contributed by atoms with Crippen LogP contribution >= 0.6 is 24.0 Å². The van der Waals surface area contributed by atoms with Gasteiger partial charge < -0.3 is 20.3 Å². The lowest BCUT2D eigenvalue weighted by Gasteiger charge is -2.27. The number of ether oxygens (including phenoxy) is 1.